The Morgan fingerprint density at radius 3 is 2.89 bits per heavy atom. The fourth-order valence-electron chi connectivity index (χ4n) is 4.14. The summed E-state index contributed by atoms with van der Waals surface area (Å²) in [5.74, 6) is 0.705. The van der Waals surface area contributed by atoms with Gasteiger partial charge in [-0.2, -0.15) is 0 Å². The Bertz CT molecular complexity index is 462. The van der Waals surface area contributed by atoms with Gasteiger partial charge >= 0.3 is 5.97 Å². The Kier molecular flexibility index (Phi) is 2.33. The standard InChI is InChI=1S/C16H22O2/c1-10-6-5-7-12-8-16(4)13(9-15(10,12)3)11(2)14(17)18-16/h7,10,13H,2,5-6,8-9H2,1,3-4H3/t10?,13-,15?,16-/m1/s1. The van der Waals surface area contributed by atoms with E-state index in [4.69, 9.17) is 4.74 Å². The van der Waals surface area contributed by atoms with Crippen molar-refractivity contribution in [3.63, 3.8) is 0 Å². The summed E-state index contributed by atoms with van der Waals surface area (Å²) in [6, 6.07) is 0. The highest BCUT2D eigenvalue weighted by atomic mass is 16.6. The first-order valence-corrected chi connectivity index (χ1v) is 6.98. The van der Waals surface area contributed by atoms with Gasteiger partial charge in [-0.15, -0.1) is 0 Å². The first kappa shape index (κ1) is 12.0. The monoisotopic (exact) mass is 246 g/mol. The number of ether oxygens (including phenoxy) is 1. The summed E-state index contributed by atoms with van der Waals surface area (Å²) in [5.41, 5.74) is 2.09. The second-order valence-electron chi connectivity index (χ2n) is 6.79. The zero-order chi connectivity index (χ0) is 13.1. The number of hydrogen-bond donors (Lipinski definition) is 0. The molecule has 3 rings (SSSR count). The van der Waals surface area contributed by atoms with Crippen LogP contribution in [0.25, 0.3) is 0 Å². The lowest BCUT2D eigenvalue weighted by molar-refractivity contribution is -0.148. The smallest absolute Gasteiger partial charge is 0.334 e. The maximum absolute atomic E-state index is 11.8. The molecule has 2 unspecified atom stereocenters. The van der Waals surface area contributed by atoms with Gasteiger partial charge < -0.3 is 4.74 Å². The number of carbonyl (C=O) groups excluding carboxylic acids is 1. The molecule has 4 atom stereocenters. The lowest BCUT2D eigenvalue weighted by atomic mass is 9.54. The minimum atomic E-state index is -0.337. The fourth-order valence-corrected chi connectivity index (χ4v) is 4.14. The summed E-state index contributed by atoms with van der Waals surface area (Å²) in [6.45, 7) is 10.7. The van der Waals surface area contributed by atoms with Crippen LogP contribution in [0.5, 0.6) is 0 Å². The van der Waals surface area contributed by atoms with Crippen LogP contribution in [-0.4, -0.2) is 11.6 Å². The lowest BCUT2D eigenvalue weighted by Gasteiger charge is -2.51. The molecule has 1 heterocycles. The predicted octanol–water partition coefficient (Wildman–Crippen LogP) is 3.63. The number of rotatable bonds is 0. The van der Waals surface area contributed by atoms with Crippen LogP contribution in [0.4, 0.5) is 0 Å². The molecule has 2 fully saturated rings. The van der Waals surface area contributed by atoms with E-state index in [9.17, 15) is 4.79 Å². The van der Waals surface area contributed by atoms with Crippen LogP contribution in [-0.2, 0) is 9.53 Å². The molecule has 0 aromatic carbocycles. The molecule has 0 radical (unpaired) electrons. The van der Waals surface area contributed by atoms with Crippen molar-refractivity contribution in [3.8, 4) is 0 Å². The Balaban J connectivity index is 2.03. The number of allylic oxidation sites excluding steroid dienone is 1. The van der Waals surface area contributed by atoms with Crippen molar-refractivity contribution in [1.29, 1.82) is 0 Å². The van der Waals surface area contributed by atoms with Gasteiger partial charge in [0.25, 0.3) is 0 Å². The fraction of sp³-hybridized carbons (Fsp3) is 0.688. The third-order valence-corrected chi connectivity index (χ3v) is 5.73. The minimum Gasteiger partial charge on any atom is -0.455 e. The van der Waals surface area contributed by atoms with Crippen molar-refractivity contribution in [1.82, 2.24) is 0 Å². The van der Waals surface area contributed by atoms with Gasteiger partial charge in [0.1, 0.15) is 5.60 Å². The maximum atomic E-state index is 11.8. The van der Waals surface area contributed by atoms with E-state index >= 15 is 0 Å². The average molecular weight is 246 g/mol. The van der Waals surface area contributed by atoms with Gasteiger partial charge in [0.15, 0.2) is 0 Å². The highest BCUT2D eigenvalue weighted by molar-refractivity contribution is 5.91. The molecular formula is C16H22O2. The molecule has 3 aliphatic rings. The zero-order valence-corrected chi connectivity index (χ0v) is 11.6. The van der Waals surface area contributed by atoms with Gasteiger partial charge in [-0.25, -0.2) is 4.79 Å². The number of esters is 1. The Morgan fingerprint density at radius 2 is 2.17 bits per heavy atom. The number of hydrogen-bond acceptors (Lipinski definition) is 2. The van der Waals surface area contributed by atoms with E-state index in [0.29, 0.717) is 11.5 Å². The van der Waals surface area contributed by atoms with Crippen LogP contribution in [0.15, 0.2) is 23.8 Å². The second-order valence-corrected chi connectivity index (χ2v) is 6.79. The van der Waals surface area contributed by atoms with Crippen LogP contribution in [0.1, 0.15) is 46.5 Å². The van der Waals surface area contributed by atoms with Crippen molar-refractivity contribution < 1.29 is 9.53 Å². The Labute approximate surface area is 109 Å². The first-order chi connectivity index (χ1) is 8.37. The second kappa shape index (κ2) is 3.49. The SMILES string of the molecule is C=C1C(=O)O[C@]2(C)CC3=CCCC(C)C3(C)C[C@H]12. The molecule has 0 N–H and O–H groups in total. The van der Waals surface area contributed by atoms with E-state index in [1.165, 1.54) is 18.4 Å². The molecule has 0 bridgehead atoms. The molecule has 2 nitrogen and oxygen atoms in total. The Hall–Kier alpha value is -1.05. The predicted molar refractivity (Wildman–Crippen MR) is 70.9 cm³/mol. The molecule has 18 heavy (non-hydrogen) atoms. The Morgan fingerprint density at radius 1 is 1.44 bits per heavy atom. The molecule has 1 aliphatic heterocycles. The molecule has 1 saturated carbocycles. The molecule has 0 aromatic heterocycles. The third-order valence-electron chi connectivity index (χ3n) is 5.73. The quantitative estimate of drug-likeness (QED) is 0.370. The van der Waals surface area contributed by atoms with E-state index in [-0.39, 0.29) is 22.9 Å². The molecule has 0 spiro atoms. The van der Waals surface area contributed by atoms with Gasteiger partial charge in [-0.1, -0.05) is 32.1 Å². The third kappa shape index (κ3) is 1.38. The van der Waals surface area contributed by atoms with Gasteiger partial charge in [0.2, 0.25) is 0 Å². The van der Waals surface area contributed by atoms with Crippen molar-refractivity contribution in [2.24, 2.45) is 17.3 Å². The number of carbonyl (C=O) groups is 1. The molecule has 0 aromatic rings. The van der Waals surface area contributed by atoms with Gasteiger partial charge in [-0.3, -0.25) is 0 Å². The van der Waals surface area contributed by atoms with Crippen LogP contribution in [0, 0.1) is 17.3 Å². The largest absolute Gasteiger partial charge is 0.455 e. The maximum Gasteiger partial charge on any atom is 0.334 e. The average Bonchev–Trinajstić information content (AvgIpc) is 2.50. The highest BCUT2D eigenvalue weighted by Crippen LogP contribution is 2.59. The molecular weight excluding hydrogens is 224 g/mol. The summed E-state index contributed by atoms with van der Waals surface area (Å²) in [7, 11) is 0. The van der Waals surface area contributed by atoms with Crippen molar-refractivity contribution >= 4 is 5.97 Å². The summed E-state index contributed by atoms with van der Waals surface area (Å²) in [6.07, 6.45) is 6.72. The molecule has 2 heteroatoms. The van der Waals surface area contributed by atoms with Crippen LogP contribution < -0.4 is 0 Å². The van der Waals surface area contributed by atoms with Crippen molar-refractivity contribution in [3.05, 3.63) is 23.8 Å². The van der Waals surface area contributed by atoms with Gasteiger partial charge in [-0.05, 0) is 37.5 Å². The summed E-state index contributed by atoms with van der Waals surface area (Å²) in [4.78, 5) is 11.8. The van der Waals surface area contributed by atoms with E-state index in [1.807, 2.05) is 0 Å². The molecule has 98 valence electrons. The zero-order valence-electron chi connectivity index (χ0n) is 11.6. The lowest BCUT2D eigenvalue weighted by Crippen LogP contribution is -2.46. The topological polar surface area (TPSA) is 26.3 Å². The first-order valence-electron chi connectivity index (χ1n) is 6.98. The van der Waals surface area contributed by atoms with Crippen LogP contribution in [0.3, 0.4) is 0 Å². The summed E-state index contributed by atoms with van der Waals surface area (Å²) < 4.78 is 5.61. The van der Waals surface area contributed by atoms with E-state index in [0.717, 1.165) is 12.8 Å². The highest BCUT2D eigenvalue weighted by Gasteiger charge is 2.57. The minimum absolute atomic E-state index is 0.182. The van der Waals surface area contributed by atoms with Crippen molar-refractivity contribution in [2.45, 2.75) is 52.1 Å². The number of fused-ring (bicyclic) bond motifs is 2. The molecule has 0 amide bonds. The summed E-state index contributed by atoms with van der Waals surface area (Å²) >= 11 is 0. The molecule has 1 saturated heterocycles. The van der Waals surface area contributed by atoms with E-state index in [1.54, 1.807) is 0 Å². The normalized spacial score (nSPS) is 47.2. The van der Waals surface area contributed by atoms with E-state index in [2.05, 4.69) is 33.4 Å². The van der Waals surface area contributed by atoms with Crippen LogP contribution in [0.2, 0.25) is 0 Å². The van der Waals surface area contributed by atoms with E-state index < -0.39 is 0 Å². The molecule has 2 aliphatic carbocycles. The summed E-state index contributed by atoms with van der Waals surface area (Å²) in [5, 5.41) is 0. The van der Waals surface area contributed by atoms with Crippen molar-refractivity contribution in [2.75, 3.05) is 0 Å². The van der Waals surface area contributed by atoms with Gasteiger partial charge in [0, 0.05) is 17.9 Å². The van der Waals surface area contributed by atoms with Crippen LogP contribution >= 0.6 is 0 Å². The van der Waals surface area contributed by atoms with Gasteiger partial charge in [0.05, 0.1) is 0 Å².